The number of aromatic nitrogens is 2. The number of carbonyl (C=O) groups is 1. The number of benzene rings is 1. The smallest absolute Gasteiger partial charge is 0.247 e. The summed E-state index contributed by atoms with van der Waals surface area (Å²) in [7, 11) is 1.95. The van der Waals surface area contributed by atoms with Crippen molar-refractivity contribution in [1.82, 2.24) is 14.7 Å². The van der Waals surface area contributed by atoms with Crippen LogP contribution in [-0.2, 0) is 17.4 Å². The fourth-order valence-corrected chi connectivity index (χ4v) is 3.79. The van der Waals surface area contributed by atoms with Crippen LogP contribution < -0.4 is 5.73 Å². The minimum Gasteiger partial charge on any atom is -0.334 e. The van der Waals surface area contributed by atoms with Crippen LogP contribution in [0.1, 0.15) is 48.3 Å². The van der Waals surface area contributed by atoms with Crippen LogP contribution in [0.2, 0.25) is 0 Å². The van der Waals surface area contributed by atoms with Crippen LogP contribution in [0.15, 0.2) is 30.3 Å². The Bertz CT molecular complexity index is 758. The highest BCUT2D eigenvalue weighted by Gasteiger charge is 2.41. The van der Waals surface area contributed by atoms with E-state index >= 15 is 0 Å². The van der Waals surface area contributed by atoms with Gasteiger partial charge in [0.05, 0.1) is 11.7 Å². The third-order valence-corrected chi connectivity index (χ3v) is 5.23. The summed E-state index contributed by atoms with van der Waals surface area (Å²) in [6.07, 6.45) is 1.96. The van der Waals surface area contributed by atoms with E-state index in [1.54, 1.807) is 0 Å². The molecule has 26 heavy (non-hydrogen) atoms. The zero-order chi connectivity index (χ0) is 17.5. The van der Waals surface area contributed by atoms with Crippen LogP contribution in [-0.4, -0.2) is 27.1 Å². The van der Waals surface area contributed by atoms with Gasteiger partial charge in [-0.15, -0.1) is 24.8 Å². The summed E-state index contributed by atoms with van der Waals surface area (Å²) in [6.45, 7) is 6.64. The van der Waals surface area contributed by atoms with Crippen LogP contribution in [0.25, 0.3) is 0 Å². The Kier molecular flexibility index (Phi) is 7.28. The molecule has 0 saturated carbocycles. The van der Waals surface area contributed by atoms with E-state index in [2.05, 4.69) is 12.0 Å². The maximum absolute atomic E-state index is 13.3. The molecular formula is C19H28Cl2N4O. The number of aryl methyl sites for hydroxylation is 2. The molecule has 5 nitrogen and oxygen atoms in total. The first kappa shape index (κ1) is 22.5. The van der Waals surface area contributed by atoms with Crippen molar-refractivity contribution in [3.8, 4) is 0 Å². The highest BCUT2D eigenvalue weighted by atomic mass is 35.5. The molecule has 0 radical (unpaired) electrons. The summed E-state index contributed by atoms with van der Waals surface area (Å²) in [5.74, 6) is -0.0150. The second-order valence-electron chi connectivity index (χ2n) is 6.93. The summed E-state index contributed by atoms with van der Waals surface area (Å²) < 4.78 is 1.89. The molecule has 1 aromatic heterocycles. The van der Waals surface area contributed by atoms with Gasteiger partial charge in [0.15, 0.2) is 0 Å². The van der Waals surface area contributed by atoms with E-state index in [0.717, 1.165) is 36.3 Å². The summed E-state index contributed by atoms with van der Waals surface area (Å²) in [6, 6.07) is 9.69. The van der Waals surface area contributed by atoms with Gasteiger partial charge >= 0.3 is 0 Å². The quantitative estimate of drug-likeness (QED) is 0.860. The van der Waals surface area contributed by atoms with Gasteiger partial charge in [-0.25, -0.2) is 0 Å². The number of carbonyl (C=O) groups excluding carboxylic acids is 1. The highest BCUT2D eigenvalue weighted by Crippen LogP contribution is 2.37. The van der Waals surface area contributed by atoms with Crippen molar-refractivity contribution in [3.63, 3.8) is 0 Å². The van der Waals surface area contributed by atoms with Gasteiger partial charge in [-0.3, -0.25) is 9.48 Å². The lowest BCUT2D eigenvalue weighted by Gasteiger charge is -2.33. The Morgan fingerprint density at radius 2 is 1.85 bits per heavy atom. The van der Waals surface area contributed by atoms with Crippen LogP contribution in [0, 0.1) is 13.8 Å². The molecule has 0 bridgehead atoms. The van der Waals surface area contributed by atoms with Crippen molar-refractivity contribution in [3.05, 3.63) is 52.8 Å². The van der Waals surface area contributed by atoms with Crippen LogP contribution in [0.5, 0.6) is 0 Å². The molecule has 144 valence electrons. The van der Waals surface area contributed by atoms with Crippen molar-refractivity contribution in [2.45, 2.75) is 45.2 Å². The fraction of sp³-hybridized carbons (Fsp3) is 0.474. The molecule has 1 aliphatic rings. The van der Waals surface area contributed by atoms with Gasteiger partial charge in [0.2, 0.25) is 5.91 Å². The van der Waals surface area contributed by atoms with Gasteiger partial charge in [-0.1, -0.05) is 30.3 Å². The van der Waals surface area contributed by atoms with E-state index in [1.165, 1.54) is 5.56 Å². The first-order valence-corrected chi connectivity index (χ1v) is 8.49. The Morgan fingerprint density at radius 1 is 1.23 bits per heavy atom. The SMILES string of the molecule is Cc1nn(C)c(C)c1C1CCCN1C(=O)C(C)(N)c1ccccc1.Cl.Cl. The predicted octanol–water partition coefficient (Wildman–Crippen LogP) is 3.42. The molecule has 2 heterocycles. The molecule has 1 amide bonds. The molecule has 1 fully saturated rings. The van der Waals surface area contributed by atoms with E-state index in [4.69, 9.17) is 5.73 Å². The Labute approximate surface area is 167 Å². The molecule has 2 unspecified atom stereocenters. The fourth-order valence-electron chi connectivity index (χ4n) is 3.79. The Balaban J connectivity index is 0.00000169. The number of hydrogen-bond donors (Lipinski definition) is 1. The van der Waals surface area contributed by atoms with Crippen molar-refractivity contribution < 1.29 is 4.79 Å². The number of likely N-dealkylation sites (tertiary alicyclic amines) is 1. The molecule has 1 aliphatic heterocycles. The normalized spacial score (nSPS) is 18.7. The summed E-state index contributed by atoms with van der Waals surface area (Å²) in [5.41, 5.74) is 9.59. The van der Waals surface area contributed by atoms with Crippen LogP contribution in [0.4, 0.5) is 0 Å². The summed E-state index contributed by atoms with van der Waals surface area (Å²) in [5, 5.41) is 4.52. The number of nitrogens with two attached hydrogens (primary N) is 1. The highest BCUT2D eigenvalue weighted by molar-refractivity contribution is 5.87. The average molecular weight is 399 g/mol. The van der Waals surface area contributed by atoms with Crippen molar-refractivity contribution in [2.75, 3.05) is 6.54 Å². The lowest BCUT2D eigenvalue weighted by molar-refractivity contribution is -0.137. The summed E-state index contributed by atoms with van der Waals surface area (Å²) >= 11 is 0. The van der Waals surface area contributed by atoms with Gasteiger partial charge in [0.25, 0.3) is 0 Å². The largest absolute Gasteiger partial charge is 0.334 e. The number of rotatable bonds is 3. The second-order valence-corrected chi connectivity index (χ2v) is 6.93. The van der Waals surface area contributed by atoms with Crippen molar-refractivity contribution in [1.29, 1.82) is 0 Å². The molecule has 1 aromatic carbocycles. The standard InChI is InChI=1S/C19H26N4O.2ClH/c1-13-17(14(2)22(4)21-13)16-11-8-12-23(16)18(24)19(3,20)15-9-6-5-7-10-15;;/h5-7,9-10,16H,8,11-12,20H2,1-4H3;2*1H. The molecule has 7 heteroatoms. The topological polar surface area (TPSA) is 64.2 Å². The van der Waals surface area contributed by atoms with Crippen LogP contribution in [0.3, 0.4) is 0 Å². The minimum absolute atomic E-state index is 0. The number of halogens is 2. The van der Waals surface area contributed by atoms with Gasteiger partial charge in [-0.05, 0) is 39.2 Å². The third-order valence-electron chi connectivity index (χ3n) is 5.23. The lowest BCUT2D eigenvalue weighted by atomic mass is 9.90. The molecular weight excluding hydrogens is 371 g/mol. The molecule has 0 aliphatic carbocycles. The average Bonchev–Trinajstić information content (AvgIpc) is 3.12. The number of nitrogens with zero attached hydrogens (tertiary/aromatic N) is 3. The van der Waals surface area contributed by atoms with E-state index in [9.17, 15) is 4.79 Å². The summed E-state index contributed by atoms with van der Waals surface area (Å²) in [4.78, 5) is 15.2. The van der Waals surface area contributed by atoms with E-state index in [1.807, 2.05) is 60.8 Å². The van der Waals surface area contributed by atoms with Crippen LogP contribution >= 0.6 is 24.8 Å². The van der Waals surface area contributed by atoms with Crippen molar-refractivity contribution >= 4 is 30.7 Å². The maximum atomic E-state index is 13.3. The third kappa shape index (κ3) is 3.75. The molecule has 1 saturated heterocycles. The van der Waals surface area contributed by atoms with Crippen molar-refractivity contribution in [2.24, 2.45) is 12.8 Å². The Hall–Kier alpha value is -1.56. The zero-order valence-electron chi connectivity index (χ0n) is 15.7. The molecule has 2 aromatic rings. The van der Waals surface area contributed by atoms with Gasteiger partial charge in [-0.2, -0.15) is 5.10 Å². The molecule has 2 atom stereocenters. The Morgan fingerprint density at radius 3 is 2.38 bits per heavy atom. The minimum atomic E-state index is -1.02. The number of hydrogen-bond acceptors (Lipinski definition) is 3. The zero-order valence-corrected chi connectivity index (χ0v) is 17.4. The lowest BCUT2D eigenvalue weighted by Crippen LogP contribution is -2.50. The maximum Gasteiger partial charge on any atom is 0.247 e. The first-order valence-electron chi connectivity index (χ1n) is 8.49. The predicted molar refractivity (Wildman–Crippen MR) is 109 cm³/mol. The van der Waals surface area contributed by atoms with Gasteiger partial charge in [0.1, 0.15) is 5.54 Å². The first-order chi connectivity index (χ1) is 11.3. The van der Waals surface area contributed by atoms with E-state index < -0.39 is 5.54 Å². The van der Waals surface area contributed by atoms with Gasteiger partial charge < -0.3 is 10.6 Å². The molecule has 3 rings (SSSR count). The number of amides is 1. The van der Waals surface area contributed by atoms with E-state index in [-0.39, 0.29) is 36.8 Å². The molecule has 2 N–H and O–H groups in total. The second kappa shape index (κ2) is 8.42. The van der Waals surface area contributed by atoms with E-state index in [0.29, 0.717) is 0 Å². The molecule has 0 spiro atoms. The monoisotopic (exact) mass is 398 g/mol. The van der Waals surface area contributed by atoms with Gasteiger partial charge in [0, 0.05) is 24.8 Å².